The first-order valence-corrected chi connectivity index (χ1v) is 14.9. The molecule has 0 saturated heterocycles. The molecule has 228 valence electrons. The lowest BCUT2D eigenvalue weighted by Gasteiger charge is -2.23. The lowest BCUT2D eigenvalue weighted by atomic mass is 9.84. The molecule has 4 rings (SSSR count). The van der Waals surface area contributed by atoms with Gasteiger partial charge in [0, 0.05) is 30.7 Å². The lowest BCUT2D eigenvalue weighted by molar-refractivity contribution is -0.121. The van der Waals surface area contributed by atoms with E-state index in [1.807, 2.05) is 0 Å². The van der Waals surface area contributed by atoms with E-state index in [0.29, 0.717) is 60.4 Å². The molecule has 1 aliphatic rings. The normalized spacial score (nSPS) is 17.7. The third-order valence-corrected chi connectivity index (χ3v) is 7.62. The molecule has 1 unspecified atom stereocenters. The molecule has 1 aromatic heterocycles. The second-order valence-corrected chi connectivity index (χ2v) is 11.1. The number of hydrogen-bond acceptors (Lipinski definition) is 9. The fourth-order valence-corrected chi connectivity index (χ4v) is 5.34. The number of aromatic hydroxyl groups is 2. The van der Waals surface area contributed by atoms with E-state index in [9.17, 15) is 24.6 Å². The predicted octanol–water partition coefficient (Wildman–Crippen LogP) is 5.31. The molecule has 2 aromatic carbocycles. The van der Waals surface area contributed by atoms with Gasteiger partial charge in [0.25, 0.3) is 0 Å². The number of nitrogens with one attached hydrogen (secondary N) is 2. The maximum atomic E-state index is 13.5. The molecular weight excluding hydrogens is 620 g/mol. The molecule has 1 amide bonds. The number of phenols is 2. The SMILES string of the molecule is COc1ccc(C(CC(=O)NCc2nc(Br)n[nH]2)c2c(O)cc3c(c2O)C(=O)O[C@@H](C)CCCC(=O)CCC/C=C/3)cc1. The van der Waals surface area contributed by atoms with Gasteiger partial charge in [0.15, 0.2) is 0 Å². The molecule has 1 aliphatic heterocycles. The number of benzene rings is 2. The van der Waals surface area contributed by atoms with Gasteiger partial charge in [0.1, 0.15) is 34.4 Å². The van der Waals surface area contributed by atoms with Crippen LogP contribution in [0.5, 0.6) is 17.2 Å². The first-order valence-electron chi connectivity index (χ1n) is 14.1. The highest BCUT2D eigenvalue weighted by Gasteiger charge is 2.31. The molecule has 43 heavy (non-hydrogen) atoms. The molecule has 0 bridgehead atoms. The van der Waals surface area contributed by atoms with Crippen LogP contribution in [0.3, 0.4) is 0 Å². The van der Waals surface area contributed by atoms with Crippen molar-refractivity contribution in [3.05, 3.63) is 69.2 Å². The molecular formula is C31H35BrN4O7. The number of aromatic nitrogens is 3. The number of halogens is 1. The van der Waals surface area contributed by atoms with Crippen molar-refractivity contribution in [2.75, 3.05) is 7.11 Å². The number of carbonyl (C=O) groups is 3. The van der Waals surface area contributed by atoms with E-state index in [2.05, 4.69) is 36.4 Å². The Hall–Kier alpha value is -4.19. The summed E-state index contributed by atoms with van der Waals surface area (Å²) in [6, 6.07) is 8.28. The number of esters is 1. The average molecular weight is 656 g/mol. The number of allylic oxidation sites excluding steroid dienone is 1. The Balaban J connectivity index is 1.74. The number of fused-ring (bicyclic) bond motifs is 1. The second kappa shape index (κ2) is 14.8. The standard InChI is InChI=1S/C31H35BrN4O7/c1-18-7-6-10-21(37)9-5-3-4-8-20-15-24(38)28(29(40)27(20)30(41)43-18)23(19-11-13-22(42-2)14-12-19)16-26(39)33-17-25-34-31(32)36-35-25/h4,8,11-15,18,23,38,40H,3,5-7,9-10,16-17H2,1-2H3,(H,33,39)(H,34,35,36)/b8-4+/t18-,23?/m0/s1. The molecule has 0 fully saturated rings. The largest absolute Gasteiger partial charge is 0.507 e. The lowest BCUT2D eigenvalue weighted by Crippen LogP contribution is -2.26. The van der Waals surface area contributed by atoms with Crippen LogP contribution in [0, 0.1) is 0 Å². The number of rotatable bonds is 7. The van der Waals surface area contributed by atoms with Crippen molar-refractivity contribution < 1.29 is 34.1 Å². The van der Waals surface area contributed by atoms with Crippen LogP contribution in [0.2, 0.25) is 0 Å². The number of ketones is 1. The first kappa shape index (κ1) is 31.7. The van der Waals surface area contributed by atoms with E-state index >= 15 is 0 Å². The van der Waals surface area contributed by atoms with Gasteiger partial charge in [-0.05, 0) is 77.9 Å². The van der Waals surface area contributed by atoms with Crippen molar-refractivity contribution in [3.8, 4) is 17.2 Å². The summed E-state index contributed by atoms with van der Waals surface area (Å²) >= 11 is 3.16. The Morgan fingerprint density at radius 3 is 2.65 bits per heavy atom. The average Bonchev–Trinajstić information content (AvgIpc) is 3.39. The Bertz CT molecular complexity index is 1490. The first-order chi connectivity index (χ1) is 20.7. The fourth-order valence-electron chi connectivity index (χ4n) is 5.03. The van der Waals surface area contributed by atoms with Crippen molar-refractivity contribution in [2.24, 2.45) is 0 Å². The van der Waals surface area contributed by atoms with Gasteiger partial charge in [0.05, 0.1) is 19.8 Å². The van der Waals surface area contributed by atoms with E-state index in [4.69, 9.17) is 9.47 Å². The molecule has 0 spiro atoms. The molecule has 2 heterocycles. The van der Waals surface area contributed by atoms with Gasteiger partial charge in [0.2, 0.25) is 10.6 Å². The third-order valence-electron chi connectivity index (χ3n) is 7.26. The van der Waals surface area contributed by atoms with Crippen molar-refractivity contribution >= 4 is 39.7 Å². The van der Waals surface area contributed by atoms with Gasteiger partial charge >= 0.3 is 5.97 Å². The Morgan fingerprint density at radius 2 is 1.95 bits per heavy atom. The van der Waals surface area contributed by atoms with Crippen LogP contribution in [0.4, 0.5) is 0 Å². The quantitative estimate of drug-likeness (QED) is 0.247. The van der Waals surface area contributed by atoms with Crippen LogP contribution < -0.4 is 10.1 Å². The number of ether oxygens (including phenoxy) is 2. The van der Waals surface area contributed by atoms with E-state index in [0.717, 1.165) is 0 Å². The highest BCUT2D eigenvalue weighted by Crippen LogP contribution is 2.44. The molecule has 0 aliphatic carbocycles. The summed E-state index contributed by atoms with van der Waals surface area (Å²) in [5.74, 6) is -1.55. The van der Waals surface area contributed by atoms with E-state index in [1.54, 1.807) is 43.3 Å². The van der Waals surface area contributed by atoms with Crippen LogP contribution in [-0.2, 0) is 20.9 Å². The summed E-state index contributed by atoms with van der Waals surface area (Å²) in [5.41, 5.74) is 0.792. The zero-order valence-corrected chi connectivity index (χ0v) is 25.6. The molecule has 2 atom stereocenters. The summed E-state index contributed by atoms with van der Waals surface area (Å²) in [5, 5.41) is 32.3. The smallest absolute Gasteiger partial charge is 0.342 e. The van der Waals surface area contributed by atoms with E-state index in [1.165, 1.54) is 13.2 Å². The van der Waals surface area contributed by atoms with E-state index < -0.39 is 29.6 Å². The second-order valence-electron chi connectivity index (χ2n) is 10.4. The van der Waals surface area contributed by atoms with Gasteiger partial charge in [-0.15, -0.1) is 5.10 Å². The van der Waals surface area contributed by atoms with Gasteiger partial charge < -0.3 is 25.0 Å². The topological polar surface area (TPSA) is 164 Å². The summed E-state index contributed by atoms with van der Waals surface area (Å²) in [6.45, 7) is 1.81. The minimum Gasteiger partial charge on any atom is -0.507 e. The number of methoxy groups -OCH3 is 1. The van der Waals surface area contributed by atoms with Crippen LogP contribution in [0.1, 0.15) is 90.7 Å². The third kappa shape index (κ3) is 8.44. The maximum Gasteiger partial charge on any atom is 0.342 e. The number of phenolic OH excluding ortho intramolecular Hbond substituents is 2. The summed E-state index contributed by atoms with van der Waals surface area (Å²) < 4.78 is 11.3. The Morgan fingerprint density at radius 1 is 1.21 bits per heavy atom. The number of cyclic esters (lactones) is 1. The number of H-pyrrole nitrogens is 1. The van der Waals surface area contributed by atoms with Crippen molar-refractivity contribution in [1.29, 1.82) is 0 Å². The number of nitrogens with zero attached hydrogens (tertiary/aromatic N) is 2. The number of aromatic amines is 1. The summed E-state index contributed by atoms with van der Waals surface area (Å²) in [4.78, 5) is 42.9. The van der Waals surface area contributed by atoms with Crippen molar-refractivity contribution in [1.82, 2.24) is 20.5 Å². The molecule has 4 N–H and O–H groups in total. The summed E-state index contributed by atoms with van der Waals surface area (Å²) in [6.07, 6.45) is 5.94. The van der Waals surface area contributed by atoms with Gasteiger partial charge in [-0.1, -0.05) is 24.3 Å². The van der Waals surface area contributed by atoms with Gasteiger partial charge in [-0.3, -0.25) is 14.7 Å². The zero-order valence-electron chi connectivity index (χ0n) is 24.1. The molecule has 3 aromatic rings. The van der Waals surface area contributed by atoms with Crippen LogP contribution in [0.15, 0.2) is 41.1 Å². The number of amides is 1. The van der Waals surface area contributed by atoms with Crippen molar-refractivity contribution in [3.63, 3.8) is 0 Å². The summed E-state index contributed by atoms with van der Waals surface area (Å²) in [7, 11) is 1.53. The highest BCUT2D eigenvalue weighted by molar-refractivity contribution is 9.10. The van der Waals surface area contributed by atoms with Crippen LogP contribution >= 0.6 is 15.9 Å². The Labute approximate surface area is 257 Å². The van der Waals surface area contributed by atoms with Crippen LogP contribution in [0.25, 0.3) is 6.08 Å². The van der Waals surface area contributed by atoms with Gasteiger partial charge in [-0.25, -0.2) is 9.78 Å². The number of Topliss-reactive ketones (excluding diaryl/α,β-unsaturated/α-hetero) is 1. The van der Waals surface area contributed by atoms with Crippen molar-refractivity contribution in [2.45, 2.75) is 70.4 Å². The Kier molecular flexibility index (Phi) is 10.9. The van der Waals surface area contributed by atoms with E-state index in [-0.39, 0.29) is 41.2 Å². The van der Waals surface area contributed by atoms with Crippen LogP contribution in [-0.4, -0.2) is 56.3 Å². The maximum absolute atomic E-state index is 13.5. The monoisotopic (exact) mass is 654 g/mol. The fraction of sp³-hybridized carbons (Fsp3) is 0.387. The molecule has 0 radical (unpaired) electrons. The number of hydrogen-bond donors (Lipinski definition) is 4. The highest BCUT2D eigenvalue weighted by atomic mass is 79.9. The number of carbonyl (C=O) groups excluding carboxylic acids is 3. The predicted molar refractivity (Wildman–Crippen MR) is 162 cm³/mol. The molecule has 11 nitrogen and oxygen atoms in total. The zero-order chi connectivity index (χ0) is 30.9. The molecule has 12 heteroatoms. The minimum absolute atomic E-state index is 0.0196. The molecule has 0 saturated carbocycles. The van der Waals surface area contributed by atoms with Gasteiger partial charge in [-0.2, -0.15) is 0 Å². The minimum atomic E-state index is -0.842.